The summed E-state index contributed by atoms with van der Waals surface area (Å²) < 4.78 is 26.8. The Bertz CT molecular complexity index is 582. The number of sulfonamides is 1. The molecule has 0 aliphatic rings. The summed E-state index contributed by atoms with van der Waals surface area (Å²) in [6.07, 6.45) is 1.73. The molecule has 0 atom stereocenters. The van der Waals surface area contributed by atoms with Crippen LogP contribution >= 0.6 is 11.6 Å². The molecule has 20 heavy (non-hydrogen) atoms. The molecule has 0 unspecified atom stereocenters. The van der Waals surface area contributed by atoms with Crippen LogP contribution in [0.4, 0.5) is 0 Å². The van der Waals surface area contributed by atoms with E-state index in [2.05, 4.69) is 4.72 Å². The smallest absolute Gasteiger partial charge is 0.335 e. The standard InChI is InChI=1S/C13H18ClNO4S/c1-3-9(4-2)8-15-20(18,19)12-7-10(13(16)17)5-6-11(12)14/h5-7,9,15H,3-4,8H2,1-2H3,(H,16,17). The lowest BCUT2D eigenvalue weighted by Gasteiger charge is -2.14. The maximum atomic E-state index is 12.2. The molecule has 0 aromatic heterocycles. The molecule has 1 rings (SSSR count). The Morgan fingerprint density at radius 2 is 1.95 bits per heavy atom. The molecule has 0 radical (unpaired) electrons. The summed E-state index contributed by atoms with van der Waals surface area (Å²) in [7, 11) is -3.81. The van der Waals surface area contributed by atoms with Crippen molar-refractivity contribution in [2.45, 2.75) is 31.6 Å². The normalized spacial score (nSPS) is 11.8. The van der Waals surface area contributed by atoms with Crippen molar-refractivity contribution in [3.63, 3.8) is 0 Å². The van der Waals surface area contributed by atoms with Gasteiger partial charge < -0.3 is 5.11 Å². The monoisotopic (exact) mass is 319 g/mol. The number of rotatable bonds is 7. The Morgan fingerprint density at radius 3 is 2.45 bits per heavy atom. The van der Waals surface area contributed by atoms with Crippen LogP contribution in [0.5, 0.6) is 0 Å². The molecule has 0 saturated heterocycles. The predicted octanol–water partition coefficient (Wildman–Crippen LogP) is 2.75. The summed E-state index contributed by atoms with van der Waals surface area (Å²) in [4.78, 5) is 10.7. The molecule has 0 aliphatic carbocycles. The Kier molecular flexibility index (Phi) is 5.98. The number of carbonyl (C=O) groups is 1. The zero-order chi connectivity index (χ0) is 15.3. The number of carboxylic acid groups (broad SMARTS) is 1. The SMILES string of the molecule is CCC(CC)CNS(=O)(=O)c1cc(C(=O)O)ccc1Cl. The first-order chi connectivity index (χ1) is 9.31. The van der Waals surface area contributed by atoms with Crippen LogP contribution in [0.25, 0.3) is 0 Å². The molecule has 0 aliphatic heterocycles. The average molecular weight is 320 g/mol. The van der Waals surface area contributed by atoms with Gasteiger partial charge in [-0.3, -0.25) is 0 Å². The van der Waals surface area contributed by atoms with Crippen LogP contribution in [0.1, 0.15) is 37.0 Å². The van der Waals surface area contributed by atoms with E-state index >= 15 is 0 Å². The van der Waals surface area contributed by atoms with Gasteiger partial charge in [0.05, 0.1) is 10.6 Å². The maximum absolute atomic E-state index is 12.2. The molecule has 2 N–H and O–H groups in total. The highest BCUT2D eigenvalue weighted by Gasteiger charge is 2.20. The van der Waals surface area contributed by atoms with E-state index < -0.39 is 16.0 Å². The van der Waals surface area contributed by atoms with Crippen molar-refractivity contribution >= 4 is 27.6 Å². The summed E-state index contributed by atoms with van der Waals surface area (Å²) in [6, 6.07) is 3.61. The summed E-state index contributed by atoms with van der Waals surface area (Å²) in [5.74, 6) is -0.954. The molecule has 5 nitrogen and oxygen atoms in total. The minimum atomic E-state index is -3.81. The molecule has 0 heterocycles. The van der Waals surface area contributed by atoms with Gasteiger partial charge in [-0.1, -0.05) is 38.3 Å². The molecule has 112 valence electrons. The number of carboxylic acids is 1. The lowest BCUT2D eigenvalue weighted by Crippen LogP contribution is -2.29. The molecule has 0 amide bonds. The molecule has 7 heteroatoms. The minimum absolute atomic E-state index is 0.00652. The Morgan fingerprint density at radius 1 is 1.35 bits per heavy atom. The maximum Gasteiger partial charge on any atom is 0.335 e. The van der Waals surface area contributed by atoms with Crippen molar-refractivity contribution in [3.05, 3.63) is 28.8 Å². The van der Waals surface area contributed by atoms with Crippen molar-refractivity contribution < 1.29 is 18.3 Å². The topological polar surface area (TPSA) is 83.5 Å². The van der Waals surface area contributed by atoms with Crippen LogP contribution in [0.2, 0.25) is 5.02 Å². The molecular weight excluding hydrogens is 302 g/mol. The van der Waals surface area contributed by atoms with Crippen LogP contribution in [-0.2, 0) is 10.0 Å². The van der Waals surface area contributed by atoms with E-state index in [0.717, 1.165) is 18.9 Å². The van der Waals surface area contributed by atoms with Crippen LogP contribution in [-0.4, -0.2) is 26.0 Å². The summed E-state index contributed by atoms with van der Waals surface area (Å²) >= 11 is 5.86. The van der Waals surface area contributed by atoms with E-state index in [4.69, 9.17) is 16.7 Å². The first kappa shape index (κ1) is 16.9. The summed E-state index contributed by atoms with van der Waals surface area (Å²) in [5.41, 5.74) is -0.114. The van der Waals surface area contributed by atoms with Gasteiger partial charge in [0.15, 0.2) is 0 Å². The second kappa shape index (κ2) is 7.06. The van der Waals surface area contributed by atoms with Crippen molar-refractivity contribution in [1.29, 1.82) is 0 Å². The Labute approximate surface area is 124 Å². The zero-order valence-electron chi connectivity index (χ0n) is 11.4. The first-order valence-electron chi connectivity index (χ1n) is 6.34. The molecule has 0 fully saturated rings. The Hall–Kier alpha value is -1.11. The number of aromatic carboxylic acids is 1. The average Bonchev–Trinajstić information content (AvgIpc) is 2.39. The molecule has 1 aromatic rings. The molecule has 1 aromatic carbocycles. The second-order valence-electron chi connectivity index (χ2n) is 4.48. The molecule has 0 bridgehead atoms. The molecular formula is C13H18ClNO4S. The Balaban J connectivity index is 3.03. The van der Waals surface area contributed by atoms with Gasteiger partial charge in [0.25, 0.3) is 0 Å². The lowest BCUT2D eigenvalue weighted by molar-refractivity contribution is 0.0696. The van der Waals surface area contributed by atoms with Crippen molar-refractivity contribution in [2.75, 3.05) is 6.54 Å². The highest BCUT2D eigenvalue weighted by Crippen LogP contribution is 2.23. The second-order valence-corrected chi connectivity index (χ2v) is 6.63. The third-order valence-corrected chi connectivity index (χ3v) is 5.09. The van der Waals surface area contributed by atoms with Crippen molar-refractivity contribution in [1.82, 2.24) is 4.72 Å². The minimum Gasteiger partial charge on any atom is -0.478 e. The van der Waals surface area contributed by atoms with E-state index in [1.807, 2.05) is 13.8 Å². The quantitative estimate of drug-likeness (QED) is 0.809. The third-order valence-electron chi connectivity index (χ3n) is 3.18. The van der Waals surface area contributed by atoms with Gasteiger partial charge >= 0.3 is 5.97 Å². The fraction of sp³-hybridized carbons (Fsp3) is 0.462. The van der Waals surface area contributed by atoms with E-state index in [-0.39, 0.29) is 21.4 Å². The van der Waals surface area contributed by atoms with Gasteiger partial charge in [0.1, 0.15) is 4.90 Å². The van der Waals surface area contributed by atoms with Gasteiger partial charge in [-0.2, -0.15) is 0 Å². The van der Waals surface area contributed by atoms with Gasteiger partial charge in [-0.15, -0.1) is 0 Å². The molecule has 0 spiro atoms. The number of hydrogen-bond acceptors (Lipinski definition) is 3. The van der Waals surface area contributed by atoms with Gasteiger partial charge in [0.2, 0.25) is 10.0 Å². The van der Waals surface area contributed by atoms with Crippen molar-refractivity contribution in [3.8, 4) is 0 Å². The van der Waals surface area contributed by atoms with Crippen molar-refractivity contribution in [2.24, 2.45) is 5.92 Å². The highest BCUT2D eigenvalue weighted by molar-refractivity contribution is 7.89. The number of benzene rings is 1. The van der Waals surface area contributed by atoms with E-state index in [9.17, 15) is 13.2 Å². The van der Waals surface area contributed by atoms with E-state index in [1.165, 1.54) is 12.1 Å². The summed E-state index contributed by atoms with van der Waals surface area (Å²) in [6.45, 7) is 4.28. The van der Waals surface area contributed by atoms with E-state index in [0.29, 0.717) is 6.54 Å². The third kappa shape index (κ3) is 4.19. The lowest BCUT2D eigenvalue weighted by atomic mass is 10.0. The van der Waals surface area contributed by atoms with Gasteiger partial charge in [0, 0.05) is 6.54 Å². The van der Waals surface area contributed by atoms with Crippen LogP contribution in [0, 0.1) is 5.92 Å². The fourth-order valence-electron chi connectivity index (χ4n) is 1.72. The van der Waals surface area contributed by atoms with Crippen LogP contribution < -0.4 is 4.72 Å². The summed E-state index contributed by atoms with van der Waals surface area (Å²) in [5, 5.41) is 8.91. The molecule has 0 saturated carbocycles. The highest BCUT2D eigenvalue weighted by atomic mass is 35.5. The first-order valence-corrected chi connectivity index (χ1v) is 8.20. The number of halogens is 1. The van der Waals surface area contributed by atoms with E-state index in [1.54, 1.807) is 0 Å². The van der Waals surface area contributed by atoms with Crippen LogP contribution in [0.3, 0.4) is 0 Å². The largest absolute Gasteiger partial charge is 0.478 e. The van der Waals surface area contributed by atoms with Gasteiger partial charge in [-0.05, 0) is 24.1 Å². The van der Waals surface area contributed by atoms with Gasteiger partial charge in [-0.25, -0.2) is 17.9 Å². The van der Waals surface area contributed by atoms with Crippen LogP contribution in [0.15, 0.2) is 23.1 Å². The predicted molar refractivity (Wildman–Crippen MR) is 77.7 cm³/mol. The fourth-order valence-corrected chi connectivity index (χ4v) is 3.36. The number of hydrogen-bond donors (Lipinski definition) is 2. The zero-order valence-corrected chi connectivity index (χ0v) is 13.0. The number of nitrogens with one attached hydrogen (secondary N) is 1.